The summed E-state index contributed by atoms with van der Waals surface area (Å²) in [5, 5.41) is 8.54. The summed E-state index contributed by atoms with van der Waals surface area (Å²) in [5.74, 6) is -1.45. The summed E-state index contributed by atoms with van der Waals surface area (Å²) < 4.78 is 35.7. The Balaban J connectivity index is 1.56. The van der Waals surface area contributed by atoms with Gasteiger partial charge in [-0.3, -0.25) is 9.48 Å². The average molecular weight is 479 g/mol. The van der Waals surface area contributed by atoms with Crippen molar-refractivity contribution >= 4 is 11.7 Å². The van der Waals surface area contributed by atoms with Gasteiger partial charge in [0.25, 0.3) is 0 Å². The molecule has 5 rings (SSSR count). The molecule has 2 atom stereocenters. The predicted molar refractivity (Wildman–Crippen MR) is 123 cm³/mol. The van der Waals surface area contributed by atoms with Crippen molar-refractivity contribution in [2.45, 2.75) is 32.4 Å². The summed E-state index contributed by atoms with van der Waals surface area (Å²) >= 11 is 0. The number of anilines is 1. The highest BCUT2D eigenvalue weighted by Gasteiger charge is 2.35. The number of nitrogens with zero attached hydrogens (tertiary/aromatic N) is 6. The zero-order chi connectivity index (χ0) is 24.5. The molecule has 4 heterocycles. The number of benzene rings is 1. The number of nitrogens with two attached hydrogens (primary N) is 1. The average Bonchev–Trinajstić information content (AvgIpc) is 3.51. The van der Waals surface area contributed by atoms with Gasteiger partial charge in [-0.1, -0.05) is 30.3 Å². The van der Waals surface area contributed by atoms with Gasteiger partial charge in [-0.05, 0) is 30.9 Å². The van der Waals surface area contributed by atoms with E-state index < -0.39 is 17.8 Å². The number of piperidine rings is 1. The first-order chi connectivity index (χ1) is 16.9. The van der Waals surface area contributed by atoms with E-state index in [1.54, 1.807) is 39.9 Å². The topological polar surface area (TPSA) is 116 Å². The first-order valence-corrected chi connectivity index (χ1v) is 11.2. The van der Waals surface area contributed by atoms with Gasteiger partial charge in [-0.2, -0.15) is 5.10 Å². The molecule has 2 N–H and O–H groups in total. The monoisotopic (exact) mass is 479 g/mol. The number of halogens is 2. The van der Waals surface area contributed by atoms with Gasteiger partial charge >= 0.3 is 0 Å². The first kappa shape index (κ1) is 22.6. The van der Waals surface area contributed by atoms with E-state index >= 15 is 0 Å². The third-order valence-corrected chi connectivity index (χ3v) is 6.21. The fourth-order valence-electron chi connectivity index (χ4n) is 4.53. The van der Waals surface area contributed by atoms with Crippen molar-refractivity contribution in [1.29, 1.82) is 0 Å². The zero-order valence-corrected chi connectivity index (χ0v) is 18.9. The second-order valence-corrected chi connectivity index (χ2v) is 8.57. The summed E-state index contributed by atoms with van der Waals surface area (Å²) in [6.07, 6.45) is 4.06. The Kier molecular flexibility index (Phi) is 5.98. The molecule has 0 bridgehead atoms. The molecule has 1 fully saturated rings. The van der Waals surface area contributed by atoms with Crippen molar-refractivity contribution in [1.82, 2.24) is 24.9 Å². The van der Waals surface area contributed by atoms with Gasteiger partial charge in [-0.15, -0.1) is 0 Å². The summed E-state index contributed by atoms with van der Waals surface area (Å²) in [4.78, 5) is 22.3. The normalized spacial score (nSPS) is 18.1. The highest BCUT2D eigenvalue weighted by atomic mass is 19.1. The van der Waals surface area contributed by atoms with E-state index in [0.717, 1.165) is 19.0 Å². The van der Waals surface area contributed by atoms with Crippen LogP contribution in [0.25, 0.3) is 22.9 Å². The molecule has 1 amide bonds. The lowest BCUT2D eigenvalue weighted by atomic mass is 9.90. The molecule has 4 aromatic rings. The van der Waals surface area contributed by atoms with Crippen molar-refractivity contribution in [3.05, 3.63) is 66.1 Å². The quantitative estimate of drug-likeness (QED) is 0.450. The van der Waals surface area contributed by atoms with Crippen LogP contribution in [0.5, 0.6) is 0 Å². The molecule has 35 heavy (non-hydrogen) atoms. The smallest absolute Gasteiger partial charge is 0.240 e. The summed E-state index contributed by atoms with van der Waals surface area (Å²) in [6.45, 7) is 2.48. The van der Waals surface area contributed by atoms with E-state index in [-0.39, 0.29) is 29.9 Å². The van der Waals surface area contributed by atoms with Crippen LogP contribution >= 0.6 is 0 Å². The highest BCUT2D eigenvalue weighted by molar-refractivity contribution is 5.84. The molecular formula is C24H23F2N7O2. The number of hydrogen-bond donors (Lipinski definition) is 1. The lowest BCUT2D eigenvalue weighted by Crippen LogP contribution is -2.52. The minimum absolute atomic E-state index is 0.00279. The zero-order valence-electron chi connectivity index (χ0n) is 18.9. The number of amides is 1. The fraction of sp³-hybridized carbons (Fsp3) is 0.292. The standard InChI is InChI=1S/C24H23F2N7O2/c1-14-5-4-9-32(21(14)22(27)34)24-17(26)12-28-23(29-24)19-11-20(18-8-10-35-31-18)33(30-19)13-15-6-2-3-7-16(15)25/h2-3,6-8,10-12,14,21H,4-5,9,13H2,1H3,(H2,27,34)/t14-,21+/m1/s1. The molecule has 3 aromatic heterocycles. The van der Waals surface area contributed by atoms with Crippen molar-refractivity contribution < 1.29 is 18.1 Å². The van der Waals surface area contributed by atoms with Gasteiger partial charge in [-0.25, -0.2) is 18.7 Å². The van der Waals surface area contributed by atoms with Gasteiger partial charge in [0, 0.05) is 18.2 Å². The third kappa shape index (κ3) is 4.36. The van der Waals surface area contributed by atoms with Crippen molar-refractivity contribution in [2.24, 2.45) is 11.7 Å². The molecule has 1 aliphatic rings. The highest BCUT2D eigenvalue weighted by Crippen LogP contribution is 2.31. The van der Waals surface area contributed by atoms with Crippen LogP contribution in [0.15, 0.2) is 53.4 Å². The van der Waals surface area contributed by atoms with Crippen molar-refractivity contribution in [3.63, 3.8) is 0 Å². The number of carbonyl (C=O) groups is 1. The Morgan fingerprint density at radius 2 is 2.03 bits per heavy atom. The van der Waals surface area contributed by atoms with Gasteiger partial charge < -0.3 is 15.2 Å². The number of primary amides is 1. The van der Waals surface area contributed by atoms with Crippen molar-refractivity contribution in [2.75, 3.05) is 11.4 Å². The molecule has 180 valence electrons. The lowest BCUT2D eigenvalue weighted by Gasteiger charge is -2.38. The summed E-state index contributed by atoms with van der Waals surface area (Å²) in [5.41, 5.74) is 7.44. The maximum Gasteiger partial charge on any atom is 0.240 e. The minimum Gasteiger partial charge on any atom is -0.368 e. The maximum atomic E-state index is 14.9. The van der Waals surface area contributed by atoms with E-state index in [2.05, 4.69) is 20.2 Å². The summed E-state index contributed by atoms with van der Waals surface area (Å²) in [6, 6.07) is 9.05. The third-order valence-electron chi connectivity index (χ3n) is 6.21. The van der Waals surface area contributed by atoms with E-state index in [4.69, 9.17) is 10.3 Å². The number of carbonyl (C=O) groups excluding carboxylic acids is 1. The molecule has 0 aliphatic carbocycles. The predicted octanol–water partition coefficient (Wildman–Crippen LogP) is 3.41. The van der Waals surface area contributed by atoms with Crippen LogP contribution < -0.4 is 10.6 Å². The van der Waals surface area contributed by atoms with Gasteiger partial charge in [0.05, 0.1) is 18.4 Å². The van der Waals surface area contributed by atoms with E-state index in [1.807, 2.05) is 6.92 Å². The Labute approximate surface area is 199 Å². The molecule has 0 radical (unpaired) electrons. The van der Waals surface area contributed by atoms with Gasteiger partial charge in [0.2, 0.25) is 5.91 Å². The van der Waals surface area contributed by atoms with Crippen LogP contribution in [0.2, 0.25) is 0 Å². The number of aromatic nitrogens is 5. The van der Waals surface area contributed by atoms with Crippen LogP contribution in [0.4, 0.5) is 14.6 Å². The molecule has 0 unspecified atom stereocenters. The van der Waals surface area contributed by atoms with E-state index in [9.17, 15) is 13.6 Å². The van der Waals surface area contributed by atoms with Gasteiger partial charge in [0.1, 0.15) is 29.5 Å². The Morgan fingerprint density at radius 3 is 2.77 bits per heavy atom. The molecule has 0 spiro atoms. The van der Waals surface area contributed by atoms with E-state index in [0.29, 0.717) is 29.2 Å². The molecular weight excluding hydrogens is 456 g/mol. The molecule has 1 saturated heterocycles. The first-order valence-electron chi connectivity index (χ1n) is 11.2. The second kappa shape index (κ2) is 9.24. The molecule has 1 aliphatic heterocycles. The van der Waals surface area contributed by atoms with Crippen LogP contribution in [0.3, 0.4) is 0 Å². The Bertz CT molecular complexity index is 1360. The van der Waals surface area contributed by atoms with Crippen molar-refractivity contribution in [3.8, 4) is 22.9 Å². The maximum absolute atomic E-state index is 14.9. The second-order valence-electron chi connectivity index (χ2n) is 8.57. The SMILES string of the molecule is C[C@@H]1CCCN(c2nc(-c3cc(-c4ccon4)n(Cc4ccccc4F)n3)ncc2F)[C@@H]1C(N)=O. The van der Waals surface area contributed by atoms with Crippen LogP contribution in [-0.4, -0.2) is 43.4 Å². The molecule has 0 saturated carbocycles. The van der Waals surface area contributed by atoms with E-state index in [1.165, 1.54) is 12.3 Å². The van der Waals surface area contributed by atoms with Crippen LogP contribution in [0, 0.1) is 17.6 Å². The minimum atomic E-state index is -0.676. The fourth-order valence-corrected chi connectivity index (χ4v) is 4.53. The molecule has 9 nitrogen and oxygen atoms in total. The number of rotatable bonds is 6. The Hall–Kier alpha value is -4.15. The van der Waals surface area contributed by atoms with Crippen LogP contribution in [-0.2, 0) is 11.3 Å². The number of hydrogen-bond acceptors (Lipinski definition) is 7. The Morgan fingerprint density at radius 1 is 1.20 bits per heavy atom. The largest absolute Gasteiger partial charge is 0.368 e. The molecule has 11 heteroatoms. The summed E-state index contributed by atoms with van der Waals surface area (Å²) in [7, 11) is 0. The van der Waals surface area contributed by atoms with Gasteiger partial charge in [0.15, 0.2) is 17.5 Å². The van der Waals surface area contributed by atoms with Crippen LogP contribution in [0.1, 0.15) is 25.3 Å². The lowest BCUT2D eigenvalue weighted by molar-refractivity contribution is -0.120. The molecule has 1 aromatic carbocycles.